The molecule has 1 amide bonds. The number of nitrogens with zero attached hydrogens (tertiary/aromatic N) is 3. The van der Waals surface area contributed by atoms with Crippen LogP contribution in [0.15, 0.2) is 53.3 Å². The first-order valence-electron chi connectivity index (χ1n) is 8.39. The molecule has 0 aliphatic heterocycles. The molecule has 4 rings (SSSR count). The zero-order chi connectivity index (χ0) is 20.5. The van der Waals surface area contributed by atoms with E-state index >= 15 is 0 Å². The van der Waals surface area contributed by atoms with E-state index in [1.165, 1.54) is 34.8 Å². The lowest BCUT2D eigenvalue weighted by atomic mass is 10.1. The van der Waals surface area contributed by atoms with Gasteiger partial charge >= 0.3 is 0 Å². The summed E-state index contributed by atoms with van der Waals surface area (Å²) in [5.41, 5.74) is 0.368. The summed E-state index contributed by atoms with van der Waals surface area (Å²) in [6, 6.07) is 9.76. The van der Waals surface area contributed by atoms with Crippen LogP contribution >= 0.6 is 0 Å². The number of benzene rings is 2. The number of aromatic nitrogens is 4. The molecule has 4 aromatic rings. The van der Waals surface area contributed by atoms with Crippen molar-refractivity contribution in [3.63, 3.8) is 0 Å². The Kier molecular flexibility index (Phi) is 4.59. The Balaban J connectivity index is 1.65. The zero-order valence-corrected chi connectivity index (χ0v) is 14.6. The van der Waals surface area contributed by atoms with Crippen LogP contribution in [-0.4, -0.2) is 25.7 Å². The van der Waals surface area contributed by atoms with Crippen molar-refractivity contribution >= 4 is 17.1 Å². The van der Waals surface area contributed by atoms with Crippen molar-refractivity contribution < 1.29 is 18.0 Å². The van der Waals surface area contributed by atoms with Gasteiger partial charge < -0.3 is 5.32 Å². The van der Waals surface area contributed by atoms with Crippen molar-refractivity contribution in [2.24, 2.45) is 0 Å². The number of hydrogen-bond donors (Lipinski definition) is 2. The Hall–Kier alpha value is -3.95. The van der Waals surface area contributed by atoms with Crippen LogP contribution in [0, 0.1) is 17.5 Å². The Morgan fingerprint density at radius 2 is 1.76 bits per heavy atom. The molecule has 0 unspecified atom stereocenters. The van der Waals surface area contributed by atoms with Crippen LogP contribution in [0.5, 0.6) is 0 Å². The third-order valence-electron chi connectivity index (χ3n) is 4.14. The molecule has 0 saturated heterocycles. The van der Waals surface area contributed by atoms with E-state index in [-0.39, 0.29) is 23.4 Å². The van der Waals surface area contributed by atoms with Gasteiger partial charge in [0, 0.05) is 11.6 Å². The fourth-order valence-corrected chi connectivity index (χ4v) is 2.76. The predicted octanol–water partition coefficient (Wildman–Crippen LogP) is 2.68. The molecule has 0 aliphatic rings. The summed E-state index contributed by atoms with van der Waals surface area (Å²) < 4.78 is 41.0. The smallest absolute Gasteiger partial charge is 0.290 e. The predicted molar refractivity (Wildman–Crippen MR) is 97.7 cm³/mol. The topological polar surface area (TPSA) is 92.2 Å². The highest BCUT2D eigenvalue weighted by molar-refractivity contribution is 5.92. The monoisotopic (exact) mass is 399 g/mol. The van der Waals surface area contributed by atoms with E-state index in [0.29, 0.717) is 17.3 Å². The van der Waals surface area contributed by atoms with Crippen LogP contribution in [0.1, 0.15) is 5.82 Å². The molecular formula is C19H12F3N5O2. The number of rotatable bonds is 4. The number of carbonyl (C=O) groups is 1. The molecule has 2 aromatic carbocycles. The van der Waals surface area contributed by atoms with Crippen LogP contribution in [0.4, 0.5) is 18.9 Å². The number of carbonyl (C=O) groups excluding carboxylic acids is 1. The highest BCUT2D eigenvalue weighted by Crippen LogP contribution is 2.20. The number of fused-ring (bicyclic) bond motifs is 1. The summed E-state index contributed by atoms with van der Waals surface area (Å²) in [5.74, 6) is -2.66. The Morgan fingerprint density at radius 1 is 1.03 bits per heavy atom. The van der Waals surface area contributed by atoms with Gasteiger partial charge in [-0.25, -0.2) is 22.8 Å². The number of amides is 1. The first-order valence-corrected chi connectivity index (χ1v) is 8.39. The molecule has 2 aromatic heterocycles. The number of hydrogen-bond acceptors (Lipinski definition) is 4. The lowest BCUT2D eigenvalue weighted by molar-refractivity contribution is -0.115. The first kappa shape index (κ1) is 18.4. The van der Waals surface area contributed by atoms with Gasteiger partial charge in [0.1, 0.15) is 23.0 Å². The van der Waals surface area contributed by atoms with Gasteiger partial charge in [-0.1, -0.05) is 0 Å². The Morgan fingerprint density at radius 3 is 2.48 bits per heavy atom. The maximum absolute atomic E-state index is 13.7. The molecule has 146 valence electrons. The van der Waals surface area contributed by atoms with E-state index in [4.69, 9.17) is 0 Å². The Bertz CT molecular complexity index is 1280. The highest BCUT2D eigenvalue weighted by atomic mass is 19.1. The molecule has 10 heteroatoms. The number of nitrogens with one attached hydrogen (secondary N) is 2. The van der Waals surface area contributed by atoms with E-state index in [9.17, 15) is 22.8 Å². The minimum absolute atomic E-state index is 0.0907. The number of H-pyrrole nitrogens is 1. The summed E-state index contributed by atoms with van der Waals surface area (Å²) in [7, 11) is 0. The van der Waals surface area contributed by atoms with E-state index in [1.807, 2.05) is 0 Å². The fourth-order valence-electron chi connectivity index (χ4n) is 2.76. The van der Waals surface area contributed by atoms with Gasteiger partial charge in [0.05, 0.1) is 17.8 Å². The van der Waals surface area contributed by atoms with E-state index in [1.54, 1.807) is 0 Å². The number of halogens is 3. The molecule has 7 nitrogen and oxygen atoms in total. The summed E-state index contributed by atoms with van der Waals surface area (Å²) in [6.45, 7) is 0. The van der Waals surface area contributed by atoms with Crippen LogP contribution in [0.25, 0.3) is 16.8 Å². The van der Waals surface area contributed by atoms with Crippen LogP contribution < -0.4 is 10.9 Å². The second-order valence-electron chi connectivity index (χ2n) is 6.15. The summed E-state index contributed by atoms with van der Waals surface area (Å²) in [5, 5.41) is 12.7. The quantitative estimate of drug-likeness (QED) is 0.552. The molecule has 2 heterocycles. The average Bonchev–Trinajstić information content (AvgIpc) is 3.13. The molecule has 0 saturated carbocycles. The van der Waals surface area contributed by atoms with Crippen LogP contribution in [0.3, 0.4) is 0 Å². The minimum atomic E-state index is -0.921. The second kappa shape index (κ2) is 7.23. The fraction of sp³-hybridized carbons (Fsp3) is 0.0526. The Labute approximate surface area is 160 Å². The summed E-state index contributed by atoms with van der Waals surface area (Å²) >= 11 is 0. The molecule has 0 fully saturated rings. The number of aromatic amines is 1. The molecular weight excluding hydrogens is 387 g/mol. The largest absolute Gasteiger partial charge is 0.323 e. The summed E-state index contributed by atoms with van der Waals surface area (Å²) in [6.07, 6.45) is -0.339. The van der Waals surface area contributed by atoms with E-state index in [2.05, 4.69) is 20.6 Å². The van der Waals surface area contributed by atoms with Crippen molar-refractivity contribution in [3.05, 3.63) is 82.2 Å². The standard InChI is InChI=1S/C19H12F3N5O2/c20-11-3-1-10(2-4-11)15-8-16-19(29)25-24-17(27(16)26-15)9-18(28)23-14-6-5-12(21)7-13(14)22/h1-8H,9H2,(H,23,28)(H,25,29). The SMILES string of the molecule is O=C(Cc1n[nH]c(=O)c2cc(-c3ccc(F)cc3)nn12)Nc1ccc(F)cc1F. The van der Waals surface area contributed by atoms with Gasteiger partial charge in [-0.15, -0.1) is 0 Å². The molecule has 29 heavy (non-hydrogen) atoms. The molecule has 0 radical (unpaired) electrons. The van der Waals surface area contributed by atoms with Gasteiger partial charge in [0.15, 0.2) is 5.82 Å². The molecule has 0 aliphatic carbocycles. The average molecular weight is 399 g/mol. The lowest BCUT2D eigenvalue weighted by Gasteiger charge is -2.07. The van der Waals surface area contributed by atoms with Crippen molar-refractivity contribution in [2.45, 2.75) is 6.42 Å². The third-order valence-corrected chi connectivity index (χ3v) is 4.14. The maximum atomic E-state index is 13.7. The summed E-state index contributed by atoms with van der Waals surface area (Å²) in [4.78, 5) is 24.3. The van der Waals surface area contributed by atoms with Gasteiger partial charge in [-0.2, -0.15) is 10.2 Å². The minimum Gasteiger partial charge on any atom is -0.323 e. The van der Waals surface area contributed by atoms with Crippen LogP contribution in [0.2, 0.25) is 0 Å². The van der Waals surface area contributed by atoms with Gasteiger partial charge in [-0.3, -0.25) is 9.59 Å². The van der Waals surface area contributed by atoms with Gasteiger partial charge in [0.2, 0.25) is 5.91 Å². The lowest BCUT2D eigenvalue weighted by Crippen LogP contribution is -2.22. The van der Waals surface area contributed by atoms with Crippen molar-refractivity contribution in [2.75, 3.05) is 5.32 Å². The van der Waals surface area contributed by atoms with E-state index in [0.717, 1.165) is 12.1 Å². The highest BCUT2D eigenvalue weighted by Gasteiger charge is 2.16. The molecule has 0 spiro atoms. The van der Waals surface area contributed by atoms with E-state index < -0.39 is 28.9 Å². The van der Waals surface area contributed by atoms with Gasteiger partial charge in [-0.05, 0) is 42.5 Å². The van der Waals surface area contributed by atoms with Crippen molar-refractivity contribution in [3.8, 4) is 11.3 Å². The molecule has 2 N–H and O–H groups in total. The van der Waals surface area contributed by atoms with Crippen molar-refractivity contribution in [1.82, 2.24) is 19.8 Å². The van der Waals surface area contributed by atoms with Crippen LogP contribution in [-0.2, 0) is 11.2 Å². The molecule has 0 bridgehead atoms. The number of anilines is 1. The normalized spacial score (nSPS) is 11.0. The first-order chi connectivity index (χ1) is 13.9. The zero-order valence-electron chi connectivity index (χ0n) is 14.6. The van der Waals surface area contributed by atoms with Gasteiger partial charge in [0.25, 0.3) is 5.56 Å². The third kappa shape index (κ3) is 3.72. The second-order valence-corrected chi connectivity index (χ2v) is 6.15. The maximum Gasteiger partial charge on any atom is 0.290 e. The van der Waals surface area contributed by atoms with Crippen molar-refractivity contribution in [1.29, 1.82) is 0 Å². The molecule has 0 atom stereocenters.